The standard InChI is InChI=1S/C9H21NO2/c1-4-10(5-2)7-9(11)8-12-6-3/h9,11H,4-8H2,1-3H3. The molecular weight excluding hydrogens is 154 g/mol. The molecule has 1 atom stereocenters. The number of nitrogens with zero attached hydrogens (tertiary/aromatic N) is 1. The van der Waals surface area contributed by atoms with E-state index in [9.17, 15) is 5.11 Å². The van der Waals surface area contributed by atoms with E-state index in [1.807, 2.05) is 6.92 Å². The number of likely N-dealkylation sites (N-methyl/N-ethyl adjacent to an activating group) is 1. The summed E-state index contributed by atoms with van der Waals surface area (Å²) >= 11 is 0. The van der Waals surface area contributed by atoms with Crippen molar-refractivity contribution in [3.63, 3.8) is 0 Å². The molecule has 0 heterocycles. The SMILES string of the molecule is CCOCC(O)CN(CC)CC. The summed E-state index contributed by atoms with van der Waals surface area (Å²) in [5.74, 6) is 0. The van der Waals surface area contributed by atoms with Crippen molar-refractivity contribution in [3.05, 3.63) is 0 Å². The van der Waals surface area contributed by atoms with Gasteiger partial charge in [-0.2, -0.15) is 0 Å². The second-order valence-corrected chi connectivity index (χ2v) is 2.80. The molecule has 0 rings (SSSR count). The van der Waals surface area contributed by atoms with Gasteiger partial charge in [-0.1, -0.05) is 13.8 Å². The highest BCUT2D eigenvalue weighted by Gasteiger charge is 2.07. The smallest absolute Gasteiger partial charge is 0.0900 e. The van der Waals surface area contributed by atoms with Gasteiger partial charge in [0.1, 0.15) is 0 Å². The Hall–Kier alpha value is -0.120. The lowest BCUT2D eigenvalue weighted by Crippen LogP contribution is -2.34. The van der Waals surface area contributed by atoms with E-state index < -0.39 is 0 Å². The van der Waals surface area contributed by atoms with Crippen molar-refractivity contribution in [2.24, 2.45) is 0 Å². The summed E-state index contributed by atoms with van der Waals surface area (Å²) in [7, 11) is 0. The molecule has 0 radical (unpaired) electrons. The number of hydrogen-bond donors (Lipinski definition) is 1. The summed E-state index contributed by atoms with van der Waals surface area (Å²) in [6.45, 7) is 9.94. The predicted octanol–water partition coefficient (Wildman–Crippen LogP) is 0.726. The molecule has 0 aromatic rings. The third-order valence-electron chi connectivity index (χ3n) is 1.88. The van der Waals surface area contributed by atoms with Crippen molar-refractivity contribution >= 4 is 0 Å². The molecule has 3 heteroatoms. The number of rotatable bonds is 7. The van der Waals surface area contributed by atoms with Crippen LogP contribution in [-0.2, 0) is 4.74 Å². The van der Waals surface area contributed by atoms with Crippen molar-refractivity contribution in [2.45, 2.75) is 26.9 Å². The Kier molecular flexibility index (Phi) is 7.45. The zero-order valence-corrected chi connectivity index (χ0v) is 8.42. The highest BCUT2D eigenvalue weighted by molar-refractivity contribution is 4.60. The van der Waals surface area contributed by atoms with Gasteiger partial charge >= 0.3 is 0 Å². The van der Waals surface area contributed by atoms with E-state index in [0.717, 1.165) is 13.1 Å². The van der Waals surface area contributed by atoms with Gasteiger partial charge < -0.3 is 14.7 Å². The fraction of sp³-hybridized carbons (Fsp3) is 1.00. The van der Waals surface area contributed by atoms with Crippen LogP contribution in [0.25, 0.3) is 0 Å². The number of hydrogen-bond acceptors (Lipinski definition) is 3. The molecule has 0 aliphatic carbocycles. The summed E-state index contributed by atoms with van der Waals surface area (Å²) in [4.78, 5) is 2.18. The van der Waals surface area contributed by atoms with Crippen LogP contribution in [0.3, 0.4) is 0 Å². The van der Waals surface area contributed by atoms with Gasteiger partial charge in [0.15, 0.2) is 0 Å². The Morgan fingerprint density at radius 1 is 1.25 bits per heavy atom. The topological polar surface area (TPSA) is 32.7 Å². The first-order valence-corrected chi connectivity index (χ1v) is 4.72. The van der Waals surface area contributed by atoms with Crippen molar-refractivity contribution in [2.75, 3.05) is 32.8 Å². The van der Waals surface area contributed by atoms with Gasteiger partial charge in [-0.05, 0) is 20.0 Å². The second-order valence-electron chi connectivity index (χ2n) is 2.80. The lowest BCUT2D eigenvalue weighted by Gasteiger charge is -2.21. The maximum Gasteiger partial charge on any atom is 0.0900 e. The zero-order valence-electron chi connectivity index (χ0n) is 8.42. The van der Waals surface area contributed by atoms with Crippen molar-refractivity contribution in [1.29, 1.82) is 0 Å². The van der Waals surface area contributed by atoms with Gasteiger partial charge in [-0.3, -0.25) is 0 Å². The number of ether oxygens (including phenoxy) is 1. The van der Waals surface area contributed by atoms with E-state index in [2.05, 4.69) is 18.7 Å². The average Bonchev–Trinajstić information content (AvgIpc) is 2.10. The highest BCUT2D eigenvalue weighted by Crippen LogP contribution is 1.92. The van der Waals surface area contributed by atoms with Crippen LogP contribution < -0.4 is 0 Å². The Balaban J connectivity index is 3.44. The van der Waals surface area contributed by atoms with Crippen LogP contribution in [0.4, 0.5) is 0 Å². The predicted molar refractivity (Wildman–Crippen MR) is 50.3 cm³/mol. The fourth-order valence-electron chi connectivity index (χ4n) is 1.09. The van der Waals surface area contributed by atoms with E-state index in [4.69, 9.17) is 4.74 Å². The van der Waals surface area contributed by atoms with Crippen LogP contribution in [0.5, 0.6) is 0 Å². The number of aliphatic hydroxyl groups excluding tert-OH is 1. The summed E-state index contributed by atoms with van der Waals surface area (Å²) in [5, 5.41) is 9.45. The van der Waals surface area contributed by atoms with Gasteiger partial charge in [0, 0.05) is 13.2 Å². The van der Waals surface area contributed by atoms with Crippen LogP contribution in [0.1, 0.15) is 20.8 Å². The molecule has 0 aliphatic heterocycles. The van der Waals surface area contributed by atoms with Crippen LogP contribution in [0.15, 0.2) is 0 Å². The Bertz CT molecular complexity index is 94.5. The summed E-state index contributed by atoms with van der Waals surface area (Å²) in [5.41, 5.74) is 0. The molecule has 0 aliphatic rings. The normalized spacial score (nSPS) is 13.8. The molecule has 1 N–H and O–H groups in total. The molecule has 1 unspecified atom stereocenters. The van der Waals surface area contributed by atoms with Gasteiger partial charge in [0.2, 0.25) is 0 Å². The molecular formula is C9H21NO2. The molecule has 0 spiro atoms. The third kappa shape index (κ3) is 5.52. The van der Waals surface area contributed by atoms with Crippen LogP contribution in [-0.4, -0.2) is 49.0 Å². The van der Waals surface area contributed by atoms with Gasteiger partial charge in [-0.15, -0.1) is 0 Å². The molecule has 0 aromatic heterocycles. The molecule has 0 fully saturated rings. The molecule has 0 amide bonds. The van der Waals surface area contributed by atoms with E-state index in [1.165, 1.54) is 0 Å². The van der Waals surface area contributed by atoms with E-state index >= 15 is 0 Å². The molecule has 0 saturated heterocycles. The van der Waals surface area contributed by atoms with E-state index in [0.29, 0.717) is 19.8 Å². The minimum Gasteiger partial charge on any atom is -0.389 e. The zero-order chi connectivity index (χ0) is 9.40. The first-order chi connectivity index (χ1) is 5.74. The van der Waals surface area contributed by atoms with Crippen LogP contribution >= 0.6 is 0 Å². The quantitative estimate of drug-likeness (QED) is 0.619. The first-order valence-electron chi connectivity index (χ1n) is 4.72. The second kappa shape index (κ2) is 7.53. The van der Waals surface area contributed by atoms with E-state index in [-0.39, 0.29) is 6.10 Å². The number of aliphatic hydroxyl groups is 1. The minimum atomic E-state index is -0.343. The van der Waals surface area contributed by atoms with Crippen molar-refractivity contribution in [1.82, 2.24) is 4.90 Å². The molecule has 0 saturated carbocycles. The Morgan fingerprint density at radius 2 is 1.83 bits per heavy atom. The van der Waals surface area contributed by atoms with E-state index in [1.54, 1.807) is 0 Å². The molecule has 3 nitrogen and oxygen atoms in total. The maximum atomic E-state index is 9.45. The third-order valence-corrected chi connectivity index (χ3v) is 1.88. The Morgan fingerprint density at radius 3 is 2.25 bits per heavy atom. The van der Waals surface area contributed by atoms with Crippen LogP contribution in [0, 0.1) is 0 Å². The van der Waals surface area contributed by atoms with Crippen molar-refractivity contribution < 1.29 is 9.84 Å². The Labute approximate surface area is 75.3 Å². The summed E-state index contributed by atoms with van der Waals surface area (Å²) in [6.07, 6.45) is -0.343. The molecule has 74 valence electrons. The fourth-order valence-corrected chi connectivity index (χ4v) is 1.09. The first kappa shape index (κ1) is 11.9. The average molecular weight is 175 g/mol. The van der Waals surface area contributed by atoms with Gasteiger partial charge in [0.25, 0.3) is 0 Å². The highest BCUT2D eigenvalue weighted by atomic mass is 16.5. The van der Waals surface area contributed by atoms with Crippen LogP contribution in [0.2, 0.25) is 0 Å². The molecule has 0 aromatic carbocycles. The summed E-state index contributed by atoms with van der Waals surface area (Å²) < 4.78 is 5.11. The molecule has 0 bridgehead atoms. The largest absolute Gasteiger partial charge is 0.389 e. The lowest BCUT2D eigenvalue weighted by atomic mass is 10.3. The van der Waals surface area contributed by atoms with Gasteiger partial charge in [0.05, 0.1) is 12.7 Å². The lowest BCUT2D eigenvalue weighted by molar-refractivity contribution is 0.0229. The maximum absolute atomic E-state index is 9.45. The molecule has 12 heavy (non-hydrogen) atoms. The van der Waals surface area contributed by atoms with Crippen molar-refractivity contribution in [3.8, 4) is 0 Å². The van der Waals surface area contributed by atoms with Gasteiger partial charge in [-0.25, -0.2) is 0 Å². The minimum absolute atomic E-state index is 0.343. The summed E-state index contributed by atoms with van der Waals surface area (Å²) in [6, 6.07) is 0. The monoisotopic (exact) mass is 175 g/mol.